The molecule has 0 atom stereocenters. The van der Waals surface area contributed by atoms with Gasteiger partial charge in [-0.2, -0.15) is 0 Å². The summed E-state index contributed by atoms with van der Waals surface area (Å²) in [7, 11) is -3.62. The van der Waals surface area contributed by atoms with Gasteiger partial charge in [-0.05, 0) is 55.2 Å². The van der Waals surface area contributed by atoms with Crippen LogP contribution < -0.4 is 10.0 Å². The number of nitrogens with one attached hydrogen (secondary N) is 2. The Kier molecular flexibility index (Phi) is 5.62. The summed E-state index contributed by atoms with van der Waals surface area (Å²) in [5.41, 5.74) is 3.42. The van der Waals surface area contributed by atoms with Gasteiger partial charge in [-0.15, -0.1) is 0 Å². The van der Waals surface area contributed by atoms with E-state index in [0.717, 1.165) is 16.7 Å². The Bertz CT molecular complexity index is 828. The minimum absolute atomic E-state index is 0.0769. The number of rotatable bonds is 6. The molecule has 128 valence electrons. The maximum atomic E-state index is 12.5. The zero-order valence-corrected chi connectivity index (χ0v) is 14.9. The molecule has 0 spiro atoms. The van der Waals surface area contributed by atoms with Crippen LogP contribution in [0.3, 0.4) is 0 Å². The third-order valence-corrected chi connectivity index (χ3v) is 5.04. The van der Waals surface area contributed by atoms with E-state index in [4.69, 9.17) is 0 Å². The maximum Gasteiger partial charge on any atom is 0.261 e. The molecule has 0 aliphatic rings. The molecule has 0 saturated carbocycles. The molecule has 5 nitrogen and oxygen atoms in total. The van der Waals surface area contributed by atoms with Crippen LogP contribution in [0.2, 0.25) is 0 Å². The maximum absolute atomic E-state index is 12.5. The molecule has 0 heterocycles. The van der Waals surface area contributed by atoms with E-state index >= 15 is 0 Å². The van der Waals surface area contributed by atoms with Crippen LogP contribution in [-0.2, 0) is 21.2 Å². The first-order chi connectivity index (χ1) is 11.3. The second-order valence-corrected chi connectivity index (χ2v) is 7.48. The van der Waals surface area contributed by atoms with Crippen molar-refractivity contribution >= 4 is 21.6 Å². The van der Waals surface area contributed by atoms with Crippen molar-refractivity contribution < 1.29 is 13.2 Å². The first-order valence-corrected chi connectivity index (χ1v) is 9.20. The molecule has 2 aromatic rings. The van der Waals surface area contributed by atoms with Crippen LogP contribution in [0.4, 0.5) is 5.69 Å². The van der Waals surface area contributed by atoms with Gasteiger partial charge < -0.3 is 5.32 Å². The zero-order chi connectivity index (χ0) is 17.7. The fourth-order valence-electron chi connectivity index (χ4n) is 2.27. The minimum atomic E-state index is -3.62. The highest BCUT2D eigenvalue weighted by Crippen LogP contribution is 2.21. The number of amides is 1. The van der Waals surface area contributed by atoms with Crippen molar-refractivity contribution in [3.8, 4) is 0 Å². The van der Waals surface area contributed by atoms with Gasteiger partial charge in [-0.25, -0.2) is 8.42 Å². The first-order valence-electron chi connectivity index (χ1n) is 7.71. The van der Waals surface area contributed by atoms with Crippen LogP contribution in [0.25, 0.3) is 0 Å². The molecule has 2 aromatic carbocycles. The van der Waals surface area contributed by atoms with Crippen molar-refractivity contribution in [2.45, 2.75) is 32.1 Å². The highest BCUT2D eigenvalue weighted by atomic mass is 32.2. The molecule has 6 heteroatoms. The number of carbonyl (C=O) groups excluding carboxylic acids is 1. The lowest BCUT2D eigenvalue weighted by Crippen LogP contribution is -2.22. The van der Waals surface area contributed by atoms with Crippen LogP contribution in [-0.4, -0.2) is 20.9 Å². The zero-order valence-electron chi connectivity index (χ0n) is 14.1. The fourth-order valence-corrected chi connectivity index (χ4v) is 3.39. The van der Waals surface area contributed by atoms with E-state index in [-0.39, 0.29) is 10.8 Å². The Balaban J connectivity index is 2.12. The quantitative estimate of drug-likeness (QED) is 0.844. The Morgan fingerprint density at radius 1 is 1.04 bits per heavy atom. The monoisotopic (exact) mass is 346 g/mol. The summed E-state index contributed by atoms with van der Waals surface area (Å²) in [5, 5.41) is 2.71. The summed E-state index contributed by atoms with van der Waals surface area (Å²) < 4.78 is 27.7. The SMILES string of the molecule is CC(=O)NCCc1ccc(S(=O)(=O)Nc2cc(C)ccc2C)cc1. The third-order valence-electron chi connectivity index (χ3n) is 3.66. The molecular formula is C18H22N2O3S. The minimum Gasteiger partial charge on any atom is -0.356 e. The molecule has 0 aromatic heterocycles. The van der Waals surface area contributed by atoms with Crippen LogP contribution in [0.15, 0.2) is 47.4 Å². The van der Waals surface area contributed by atoms with Crippen molar-refractivity contribution in [2.75, 3.05) is 11.3 Å². The standard InChI is InChI=1S/C18H22N2O3S/c1-13-4-5-14(2)18(12-13)20-24(22,23)17-8-6-16(7-9-17)10-11-19-15(3)21/h4-9,12,20H,10-11H2,1-3H3,(H,19,21). The molecule has 0 radical (unpaired) electrons. The predicted molar refractivity (Wildman–Crippen MR) is 95.6 cm³/mol. The van der Waals surface area contributed by atoms with E-state index in [1.54, 1.807) is 24.3 Å². The lowest BCUT2D eigenvalue weighted by atomic mass is 10.1. The molecule has 24 heavy (non-hydrogen) atoms. The molecule has 0 saturated heterocycles. The summed E-state index contributed by atoms with van der Waals surface area (Å²) in [6.45, 7) is 5.78. The van der Waals surface area contributed by atoms with E-state index in [9.17, 15) is 13.2 Å². The second-order valence-electron chi connectivity index (χ2n) is 5.80. The van der Waals surface area contributed by atoms with Gasteiger partial charge in [0.05, 0.1) is 10.6 Å². The number of sulfonamides is 1. The first kappa shape index (κ1) is 18.0. The van der Waals surface area contributed by atoms with Crippen LogP contribution >= 0.6 is 0 Å². The average Bonchev–Trinajstić information content (AvgIpc) is 2.51. The highest BCUT2D eigenvalue weighted by molar-refractivity contribution is 7.92. The molecule has 2 N–H and O–H groups in total. The van der Waals surface area contributed by atoms with Gasteiger partial charge in [0.25, 0.3) is 10.0 Å². The summed E-state index contributed by atoms with van der Waals surface area (Å²) in [5.74, 6) is -0.0769. The molecule has 2 rings (SSSR count). The lowest BCUT2D eigenvalue weighted by molar-refractivity contribution is -0.118. The van der Waals surface area contributed by atoms with E-state index in [1.807, 2.05) is 32.0 Å². The number of aryl methyl sites for hydroxylation is 2. The molecule has 0 aliphatic carbocycles. The van der Waals surface area contributed by atoms with E-state index < -0.39 is 10.0 Å². The smallest absolute Gasteiger partial charge is 0.261 e. The van der Waals surface area contributed by atoms with Gasteiger partial charge in [0, 0.05) is 13.5 Å². The average molecular weight is 346 g/mol. The van der Waals surface area contributed by atoms with Gasteiger partial charge in [0.15, 0.2) is 0 Å². The predicted octanol–water partition coefficient (Wildman–Crippen LogP) is 2.78. The summed E-state index contributed by atoms with van der Waals surface area (Å²) >= 11 is 0. The van der Waals surface area contributed by atoms with E-state index in [0.29, 0.717) is 18.7 Å². The molecule has 0 fully saturated rings. The van der Waals surface area contributed by atoms with Gasteiger partial charge in [-0.3, -0.25) is 9.52 Å². The number of benzene rings is 2. The van der Waals surface area contributed by atoms with Crippen molar-refractivity contribution in [1.82, 2.24) is 5.32 Å². The molecule has 0 bridgehead atoms. The Morgan fingerprint density at radius 2 is 1.71 bits per heavy atom. The number of hydrogen-bond donors (Lipinski definition) is 2. The van der Waals surface area contributed by atoms with Gasteiger partial charge in [0.2, 0.25) is 5.91 Å². The third kappa shape index (κ3) is 4.83. The Morgan fingerprint density at radius 3 is 2.33 bits per heavy atom. The largest absolute Gasteiger partial charge is 0.356 e. The summed E-state index contributed by atoms with van der Waals surface area (Å²) in [6, 6.07) is 12.3. The Labute approximate surface area is 143 Å². The molecule has 0 aliphatic heterocycles. The summed E-state index contributed by atoms with van der Waals surface area (Å²) in [4.78, 5) is 11.1. The molecule has 1 amide bonds. The topological polar surface area (TPSA) is 75.3 Å². The van der Waals surface area contributed by atoms with Crippen molar-refractivity contribution in [3.63, 3.8) is 0 Å². The van der Waals surface area contributed by atoms with Crippen molar-refractivity contribution in [1.29, 1.82) is 0 Å². The van der Waals surface area contributed by atoms with Crippen molar-refractivity contribution in [3.05, 3.63) is 59.2 Å². The fraction of sp³-hybridized carbons (Fsp3) is 0.278. The molecule has 0 unspecified atom stereocenters. The van der Waals surface area contributed by atoms with Gasteiger partial charge in [0.1, 0.15) is 0 Å². The molecular weight excluding hydrogens is 324 g/mol. The number of anilines is 1. The van der Waals surface area contributed by atoms with Crippen LogP contribution in [0.5, 0.6) is 0 Å². The Hall–Kier alpha value is -2.34. The van der Waals surface area contributed by atoms with E-state index in [2.05, 4.69) is 10.0 Å². The van der Waals surface area contributed by atoms with E-state index in [1.165, 1.54) is 6.92 Å². The second kappa shape index (κ2) is 7.49. The van der Waals surface area contributed by atoms with Crippen molar-refractivity contribution in [2.24, 2.45) is 0 Å². The van der Waals surface area contributed by atoms with Crippen LogP contribution in [0.1, 0.15) is 23.6 Å². The lowest BCUT2D eigenvalue weighted by Gasteiger charge is -2.12. The van der Waals surface area contributed by atoms with Crippen LogP contribution in [0, 0.1) is 13.8 Å². The normalized spacial score (nSPS) is 11.1. The summed E-state index contributed by atoms with van der Waals surface area (Å²) in [6.07, 6.45) is 0.657. The highest BCUT2D eigenvalue weighted by Gasteiger charge is 2.15. The van der Waals surface area contributed by atoms with Gasteiger partial charge in [-0.1, -0.05) is 24.3 Å². The van der Waals surface area contributed by atoms with Gasteiger partial charge >= 0.3 is 0 Å². The number of carbonyl (C=O) groups is 1. The number of hydrogen-bond acceptors (Lipinski definition) is 3.